The van der Waals surface area contributed by atoms with E-state index >= 15 is 0 Å². The first-order chi connectivity index (χ1) is 11.7. The molecule has 0 radical (unpaired) electrons. The summed E-state index contributed by atoms with van der Waals surface area (Å²) in [4.78, 5) is 37.1. The summed E-state index contributed by atoms with van der Waals surface area (Å²) < 4.78 is 5.08. The molecule has 0 bridgehead atoms. The molecule has 1 aliphatic rings. The van der Waals surface area contributed by atoms with Crippen LogP contribution in [0.4, 0.5) is 4.79 Å². The lowest BCUT2D eigenvalue weighted by Crippen LogP contribution is -2.35. The number of imide groups is 1. The molecule has 1 heterocycles. The van der Waals surface area contributed by atoms with Crippen LogP contribution in [0.15, 0.2) is 17.0 Å². The quantitative estimate of drug-likeness (QED) is 0.588. The van der Waals surface area contributed by atoms with Gasteiger partial charge in [-0.2, -0.15) is 0 Å². The molecule has 0 aliphatic carbocycles. The fraction of sp³-hybridized carbons (Fsp3) is 0.312. The summed E-state index contributed by atoms with van der Waals surface area (Å²) in [5, 5.41) is 9.03. The largest absolute Gasteiger partial charge is 0.505 e. The molecular weight excluding hydrogens is 389 g/mol. The first-order valence-electron chi connectivity index (χ1n) is 7.35. The van der Waals surface area contributed by atoms with Crippen molar-refractivity contribution in [2.45, 2.75) is 26.4 Å². The number of thioether (sulfide) groups is 1. The Morgan fingerprint density at radius 1 is 1.36 bits per heavy atom. The molecule has 1 aromatic carbocycles. The second-order valence-corrected chi connectivity index (χ2v) is 7.12. The van der Waals surface area contributed by atoms with E-state index < -0.39 is 23.7 Å². The number of carbonyl (C=O) groups excluding carboxylic acids is 3. The Kier molecular flexibility index (Phi) is 6.37. The van der Waals surface area contributed by atoms with Crippen molar-refractivity contribution in [2.24, 2.45) is 0 Å². The minimum atomic E-state index is -0.645. The fourth-order valence-electron chi connectivity index (χ4n) is 1.93. The molecule has 1 N–H and O–H groups in total. The van der Waals surface area contributed by atoms with Crippen molar-refractivity contribution < 1.29 is 24.2 Å². The molecule has 1 fully saturated rings. The van der Waals surface area contributed by atoms with Gasteiger partial charge in [0.1, 0.15) is 6.54 Å². The summed E-state index contributed by atoms with van der Waals surface area (Å²) >= 11 is 12.4. The van der Waals surface area contributed by atoms with Gasteiger partial charge < -0.3 is 9.84 Å². The lowest BCUT2D eigenvalue weighted by Gasteiger charge is -2.14. The highest BCUT2D eigenvalue weighted by Crippen LogP contribution is 2.36. The lowest BCUT2D eigenvalue weighted by molar-refractivity contribution is -0.150. The van der Waals surface area contributed by atoms with E-state index in [2.05, 4.69) is 0 Å². The van der Waals surface area contributed by atoms with Crippen molar-refractivity contribution in [3.63, 3.8) is 0 Å². The topological polar surface area (TPSA) is 83.9 Å². The maximum absolute atomic E-state index is 12.3. The van der Waals surface area contributed by atoms with Gasteiger partial charge in [0.05, 0.1) is 21.1 Å². The molecule has 134 valence electrons. The van der Waals surface area contributed by atoms with Crippen LogP contribution in [0.3, 0.4) is 0 Å². The lowest BCUT2D eigenvalue weighted by atomic mass is 10.2. The van der Waals surface area contributed by atoms with Crippen LogP contribution in [-0.4, -0.2) is 39.8 Å². The second kappa shape index (κ2) is 8.12. The summed E-state index contributed by atoms with van der Waals surface area (Å²) in [6, 6.07) is 2.82. The van der Waals surface area contributed by atoms with Crippen LogP contribution in [-0.2, 0) is 14.3 Å². The number of rotatable bonds is 5. The molecule has 0 spiro atoms. The van der Waals surface area contributed by atoms with Crippen LogP contribution in [0.2, 0.25) is 10.0 Å². The molecule has 1 aliphatic heterocycles. The van der Waals surface area contributed by atoms with Crippen LogP contribution < -0.4 is 0 Å². The number of halogens is 2. The molecule has 6 nitrogen and oxygen atoms in total. The van der Waals surface area contributed by atoms with Gasteiger partial charge in [-0.15, -0.1) is 0 Å². The van der Waals surface area contributed by atoms with E-state index in [9.17, 15) is 19.5 Å². The third kappa shape index (κ3) is 4.68. The van der Waals surface area contributed by atoms with Crippen molar-refractivity contribution in [1.82, 2.24) is 4.90 Å². The average molecular weight is 404 g/mol. The number of hydrogen-bond acceptors (Lipinski definition) is 6. The molecule has 0 saturated carbocycles. The molecule has 1 atom stereocenters. The van der Waals surface area contributed by atoms with E-state index in [-0.39, 0.29) is 26.8 Å². The number of amides is 2. The molecule has 9 heteroatoms. The van der Waals surface area contributed by atoms with Gasteiger partial charge in [0.15, 0.2) is 5.75 Å². The third-order valence-corrected chi connectivity index (χ3v) is 4.89. The first-order valence-corrected chi connectivity index (χ1v) is 8.93. The van der Waals surface area contributed by atoms with Crippen LogP contribution in [0.25, 0.3) is 6.08 Å². The van der Waals surface area contributed by atoms with Gasteiger partial charge in [-0.05, 0) is 48.9 Å². The van der Waals surface area contributed by atoms with Gasteiger partial charge in [-0.3, -0.25) is 19.3 Å². The Balaban J connectivity index is 2.16. The number of phenols is 1. The summed E-state index contributed by atoms with van der Waals surface area (Å²) in [6.07, 6.45) is 1.77. The van der Waals surface area contributed by atoms with Gasteiger partial charge in [0.2, 0.25) is 0 Å². The Labute approximate surface area is 158 Å². The highest BCUT2D eigenvalue weighted by Gasteiger charge is 2.36. The maximum atomic E-state index is 12.3. The number of ether oxygens (including phenoxy) is 1. The summed E-state index contributed by atoms with van der Waals surface area (Å²) in [6.45, 7) is 3.14. The highest BCUT2D eigenvalue weighted by atomic mass is 35.5. The Morgan fingerprint density at radius 3 is 2.52 bits per heavy atom. The van der Waals surface area contributed by atoms with Crippen molar-refractivity contribution in [2.75, 3.05) is 6.54 Å². The normalized spacial score (nSPS) is 17.3. The number of esters is 1. The summed E-state index contributed by atoms with van der Waals surface area (Å²) in [7, 11) is 0. The van der Waals surface area contributed by atoms with Crippen LogP contribution in [0.1, 0.15) is 25.8 Å². The van der Waals surface area contributed by atoms with Gasteiger partial charge >= 0.3 is 5.97 Å². The molecule has 1 saturated heterocycles. The van der Waals surface area contributed by atoms with Gasteiger partial charge in [0.25, 0.3) is 11.1 Å². The molecule has 2 rings (SSSR count). The van der Waals surface area contributed by atoms with Crippen molar-refractivity contribution in [3.05, 3.63) is 32.6 Å². The van der Waals surface area contributed by atoms with E-state index in [4.69, 9.17) is 27.9 Å². The zero-order chi connectivity index (χ0) is 18.7. The Morgan fingerprint density at radius 2 is 1.96 bits per heavy atom. The van der Waals surface area contributed by atoms with E-state index in [0.29, 0.717) is 23.7 Å². The molecular formula is C16H15Cl2NO5S. The molecule has 0 unspecified atom stereocenters. The minimum absolute atomic E-state index is 0.0232. The monoisotopic (exact) mass is 403 g/mol. The number of carbonyl (C=O) groups is 3. The SMILES string of the molecule is CC[C@@H](C)OC(=O)CN1C(=O)S/C(=C\c2cc(Cl)c(O)c(Cl)c2)C1=O. The maximum Gasteiger partial charge on any atom is 0.326 e. The minimum Gasteiger partial charge on any atom is -0.505 e. The van der Waals surface area contributed by atoms with E-state index in [1.54, 1.807) is 6.92 Å². The molecule has 0 aromatic heterocycles. The second-order valence-electron chi connectivity index (χ2n) is 5.31. The average Bonchev–Trinajstić information content (AvgIpc) is 2.79. The van der Waals surface area contributed by atoms with Gasteiger partial charge in [0, 0.05) is 0 Å². The number of benzene rings is 1. The predicted molar refractivity (Wildman–Crippen MR) is 96.6 cm³/mol. The van der Waals surface area contributed by atoms with E-state index in [1.807, 2.05) is 6.92 Å². The van der Waals surface area contributed by atoms with Gasteiger partial charge in [-0.1, -0.05) is 30.1 Å². The standard InChI is InChI=1S/C16H15Cl2NO5S/c1-3-8(2)24-13(20)7-19-15(22)12(25-16(19)23)6-9-4-10(17)14(21)11(18)5-9/h4-6,8,21H,3,7H2,1-2H3/b12-6-/t8-/m1/s1. The Hall–Kier alpha value is -1.70. The number of hydrogen-bond donors (Lipinski definition) is 1. The molecule has 25 heavy (non-hydrogen) atoms. The smallest absolute Gasteiger partial charge is 0.326 e. The van der Waals surface area contributed by atoms with Crippen LogP contribution in [0.5, 0.6) is 5.75 Å². The number of nitrogens with zero attached hydrogens (tertiary/aromatic N) is 1. The zero-order valence-electron chi connectivity index (χ0n) is 13.4. The van der Waals surface area contributed by atoms with Crippen molar-refractivity contribution in [1.29, 1.82) is 0 Å². The predicted octanol–water partition coefficient (Wildman–Crippen LogP) is 4.08. The van der Waals surface area contributed by atoms with E-state index in [0.717, 1.165) is 4.90 Å². The molecule has 1 aromatic rings. The van der Waals surface area contributed by atoms with Crippen molar-refractivity contribution >= 4 is 58.2 Å². The van der Waals surface area contributed by atoms with Crippen LogP contribution >= 0.6 is 35.0 Å². The fourth-order valence-corrected chi connectivity index (χ4v) is 3.27. The highest BCUT2D eigenvalue weighted by molar-refractivity contribution is 8.18. The summed E-state index contributed by atoms with van der Waals surface area (Å²) in [5.41, 5.74) is 0.445. The zero-order valence-corrected chi connectivity index (χ0v) is 15.7. The van der Waals surface area contributed by atoms with Gasteiger partial charge in [-0.25, -0.2) is 0 Å². The number of phenolic OH excluding ortho intramolecular Hbond substituents is 1. The Bertz CT molecular complexity index is 742. The first kappa shape index (κ1) is 19.6. The van der Waals surface area contributed by atoms with Crippen molar-refractivity contribution in [3.8, 4) is 5.75 Å². The van der Waals surface area contributed by atoms with Crippen LogP contribution in [0, 0.1) is 0 Å². The number of aromatic hydroxyl groups is 1. The molecule has 2 amide bonds. The third-order valence-electron chi connectivity index (χ3n) is 3.41. The summed E-state index contributed by atoms with van der Waals surface area (Å²) in [5.74, 6) is -1.51. The van der Waals surface area contributed by atoms with E-state index in [1.165, 1.54) is 18.2 Å².